The first-order valence-corrected chi connectivity index (χ1v) is 9.71. The van der Waals surface area contributed by atoms with E-state index in [1.165, 1.54) is 6.08 Å². The molecule has 1 aromatic carbocycles. The van der Waals surface area contributed by atoms with Crippen LogP contribution in [0.1, 0.15) is 21.0 Å². The SMILES string of the molecule is O=C(NCc1cccs1)/C(=C\c1ccc(I)o1)NC(=O)c1ccccc1. The van der Waals surface area contributed by atoms with Crippen molar-refractivity contribution in [2.45, 2.75) is 6.54 Å². The first-order valence-electron chi connectivity index (χ1n) is 7.76. The van der Waals surface area contributed by atoms with E-state index in [1.807, 2.05) is 46.2 Å². The van der Waals surface area contributed by atoms with Crippen LogP contribution in [0, 0.1) is 3.77 Å². The van der Waals surface area contributed by atoms with Crippen LogP contribution in [0.25, 0.3) is 6.08 Å². The number of furan rings is 1. The van der Waals surface area contributed by atoms with Crippen LogP contribution in [0.2, 0.25) is 0 Å². The Kier molecular flexibility index (Phi) is 6.24. The van der Waals surface area contributed by atoms with Gasteiger partial charge in [-0.15, -0.1) is 11.3 Å². The zero-order valence-electron chi connectivity index (χ0n) is 13.6. The molecule has 0 aliphatic heterocycles. The summed E-state index contributed by atoms with van der Waals surface area (Å²) in [6.45, 7) is 0.394. The Morgan fingerprint density at radius 1 is 1.08 bits per heavy atom. The molecule has 2 aromatic heterocycles. The van der Waals surface area contributed by atoms with Crippen molar-refractivity contribution in [3.8, 4) is 0 Å². The Morgan fingerprint density at radius 3 is 2.54 bits per heavy atom. The summed E-state index contributed by atoms with van der Waals surface area (Å²) in [7, 11) is 0. The summed E-state index contributed by atoms with van der Waals surface area (Å²) < 4.78 is 6.18. The van der Waals surface area contributed by atoms with Gasteiger partial charge in [0.05, 0.1) is 6.54 Å². The van der Waals surface area contributed by atoms with Crippen LogP contribution >= 0.6 is 33.9 Å². The van der Waals surface area contributed by atoms with Crippen LogP contribution < -0.4 is 10.6 Å². The van der Waals surface area contributed by atoms with Gasteiger partial charge in [-0.2, -0.15) is 0 Å². The molecule has 2 amide bonds. The van der Waals surface area contributed by atoms with Gasteiger partial charge in [-0.25, -0.2) is 0 Å². The summed E-state index contributed by atoms with van der Waals surface area (Å²) in [5, 5.41) is 7.43. The predicted octanol–water partition coefficient (Wildman–Crippen LogP) is 4.03. The molecule has 0 aliphatic carbocycles. The molecule has 0 bridgehead atoms. The van der Waals surface area contributed by atoms with Crippen LogP contribution in [-0.4, -0.2) is 11.8 Å². The molecule has 132 valence electrons. The van der Waals surface area contributed by atoms with Gasteiger partial charge < -0.3 is 15.1 Å². The lowest BCUT2D eigenvalue weighted by molar-refractivity contribution is -0.117. The highest BCUT2D eigenvalue weighted by Gasteiger charge is 2.15. The van der Waals surface area contributed by atoms with Crippen molar-refractivity contribution in [2.24, 2.45) is 0 Å². The third-order valence-electron chi connectivity index (χ3n) is 3.41. The van der Waals surface area contributed by atoms with Gasteiger partial charge in [-0.05, 0) is 58.3 Å². The highest BCUT2D eigenvalue weighted by Crippen LogP contribution is 2.14. The number of amides is 2. The van der Waals surface area contributed by atoms with Gasteiger partial charge in [0.15, 0.2) is 3.77 Å². The van der Waals surface area contributed by atoms with Crippen LogP contribution in [0.15, 0.2) is 70.1 Å². The molecule has 2 N–H and O–H groups in total. The number of benzene rings is 1. The summed E-state index contributed by atoms with van der Waals surface area (Å²) in [5.41, 5.74) is 0.597. The van der Waals surface area contributed by atoms with Crippen molar-refractivity contribution >= 4 is 51.8 Å². The quantitative estimate of drug-likeness (QED) is 0.415. The number of thiophene rings is 1. The first kappa shape index (κ1) is 18.4. The molecule has 0 spiro atoms. The van der Waals surface area contributed by atoms with E-state index in [-0.39, 0.29) is 17.5 Å². The number of halogens is 1. The van der Waals surface area contributed by atoms with E-state index in [2.05, 4.69) is 10.6 Å². The minimum atomic E-state index is -0.380. The molecular weight excluding hydrogens is 463 g/mol. The summed E-state index contributed by atoms with van der Waals surface area (Å²) in [4.78, 5) is 26.0. The van der Waals surface area contributed by atoms with Crippen LogP contribution in [0.3, 0.4) is 0 Å². The van der Waals surface area contributed by atoms with E-state index in [1.54, 1.807) is 47.7 Å². The van der Waals surface area contributed by atoms with Gasteiger partial charge >= 0.3 is 0 Å². The maximum atomic E-state index is 12.6. The molecule has 0 saturated heterocycles. The molecule has 5 nitrogen and oxygen atoms in total. The fourth-order valence-corrected chi connectivity index (χ4v) is 3.24. The van der Waals surface area contributed by atoms with Crippen molar-refractivity contribution in [3.63, 3.8) is 0 Å². The number of rotatable bonds is 6. The van der Waals surface area contributed by atoms with Crippen LogP contribution in [0.5, 0.6) is 0 Å². The standard InChI is InChI=1S/C19H15IN2O3S/c20-17-9-8-14(25-17)11-16(19(24)21-12-15-7-4-10-26-15)22-18(23)13-5-2-1-3-6-13/h1-11H,12H2,(H,21,24)(H,22,23)/b16-11+. The molecular formula is C19H15IN2O3S. The largest absolute Gasteiger partial charge is 0.451 e. The lowest BCUT2D eigenvalue weighted by atomic mass is 10.2. The average molecular weight is 478 g/mol. The van der Waals surface area contributed by atoms with E-state index >= 15 is 0 Å². The van der Waals surface area contributed by atoms with Crippen molar-refractivity contribution in [1.82, 2.24) is 10.6 Å². The van der Waals surface area contributed by atoms with Gasteiger partial charge in [0.25, 0.3) is 11.8 Å². The van der Waals surface area contributed by atoms with Crippen molar-refractivity contribution in [2.75, 3.05) is 0 Å². The third kappa shape index (κ3) is 5.06. The highest BCUT2D eigenvalue weighted by atomic mass is 127. The third-order valence-corrected chi connectivity index (χ3v) is 4.87. The molecule has 3 rings (SSSR count). The number of carbonyl (C=O) groups is 2. The first-order chi connectivity index (χ1) is 12.6. The van der Waals surface area contributed by atoms with Gasteiger partial charge in [0.1, 0.15) is 11.5 Å². The molecule has 0 radical (unpaired) electrons. The van der Waals surface area contributed by atoms with Gasteiger partial charge in [0, 0.05) is 16.5 Å². The second-order valence-corrected chi connectivity index (χ2v) is 7.38. The smallest absolute Gasteiger partial charge is 0.268 e. The lowest BCUT2D eigenvalue weighted by Gasteiger charge is -2.10. The summed E-state index contributed by atoms with van der Waals surface area (Å²) in [6.07, 6.45) is 1.52. The van der Waals surface area contributed by atoms with Crippen molar-refractivity contribution in [1.29, 1.82) is 0 Å². The Labute approximate surface area is 168 Å². The monoisotopic (exact) mass is 478 g/mol. The highest BCUT2D eigenvalue weighted by molar-refractivity contribution is 14.1. The summed E-state index contributed by atoms with van der Waals surface area (Å²) in [5.74, 6) is -0.248. The zero-order chi connectivity index (χ0) is 18.4. The minimum absolute atomic E-state index is 0.126. The Balaban J connectivity index is 1.78. The second kappa shape index (κ2) is 8.81. The predicted molar refractivity (Wildman–Crippen MR) is 109 cm³/mol. The van der Waals surface area contributed by atoms with E-state index in [0.717, 1.165) is 4.88 Å². The molecule has 0 unspecified atom stereocenters. The van der Waals surface area contributed by atoms with Crippen molar-refractivity contribution < 1.29 is 14.0 Å². The van der Waals surface area contributed by atoms with Gasteiger partial charge in [0.2, 0.25) is 0 Å². The summed E-state index contributed by atoms with van der Waals surface area (Å²) >= 11 is 3.59. The molecule has 0 atom stereocenters. The maximum absolute atomic E-state index is 12.6. The molecule has 7 heteroatoms. The minimum Gasteiger partial charge on any atom is -0.451 e. The Hall–Kier alpha value is -2.39. The zero-order valence-corrected chi connectivity index (χ0v) is 16.5. The summed E-state index contributed by atoms with van der Waals surface area (Å²) in [6, 6.07) is 16.1. The van der Waals surface area contributed by atoms with Gasteiger partial charge in [-0.1, -0.05) is 24.3 Å². The van der Waals surface area contributed by atoms with Crippen molar-refractivity contribution in [3.05, 3.63) is 85.6 Å². The fourth-order valence-electron chi connectivity index (χ4n) is 2.17. The fraction of sp³-hybridized carbons (Fsp3) is 0.0526. The topological polar surface area (TPSA) is 71.3 Å². The number of hydrogen-bond donors (Lipinski definition) is 2. The molecule has 2 heterocycles. The molecule has 0 aliphatic rings. The Bertz CT molecular complexity index is 917. The van der Waals surface area contributed by atoms with Crippen LogP contribution in [0.4, 0.5) is 0 Å². The molecule has 0 fully saturated rings. The number of carbonyl (C=O) groups excluding carboxylic acids is 2. The van der Waals surface area contributed by atoms with E-state index in [9.17, 15) is 9.59 Å². The molecule has 3 aromatic rings. The maximum Gasteiger partial charge on any atom is 0.268 e. The normalized spacial score (nSPS) is 11.2. The van der Waals surface area contributed by atoms with E-state index in [4.69, 9.17) is 4.42 Å². The molecule has 0 saturated carbocycles. The Morgan fingerprint density at radius 2 is 1.88 bits per heavy atom. The van der Waals surface area contributed by atoms with E-state index < -0.39 is 0 Å². The molecule has 26 heavy (non-hydrogen) atoms. The second-order valence-electron chi connectivity index (χ2n) is 5.28. The average Bonchev–Trinajstić information content (AvgIpc) is 3.31. The van der Waals surface area contributed by atoms with Gasteiger partial charge in [-0.3, -0.25) is 9.59 Å². The lowest BCUT2D eigenvalue weighted by Crippen LogP contribution is -2.34. The van der Waals surface area contributed by atoms with E-state index in [0.29, 0.717) is 21.6 Å². The van der Waals surface area contributed by atoms with Crippen LogP contribution in [-0.2, 0) is 11.3 Å². The number of nitrogens with one attached hydrogen (secondary N) is 2. The number of hydrogen-bond acceptors (Lipinski definition) is 4.